The fraction of sp³-hybridized carbons (Fsp3) is 0.250. The normalized spacial score (nSPS) is 15.0. The van der Waals surface area contributed by atoms with Crippen molar-refractivity contribution in [2.75, 3.05) is 0 Å². The number of hydrogen-bond donors (Lipinski definition) is 2. The van der Waals surface area contributed by atoms with E-state index >= 15 is 0 Å². The van der Waals surface area contributed by atoms with Crippen LogP contribution in [0.15, 0.2) is 36.4 Å². The fourth-order valence-corrected chi connectivity index (χ4v) is 2.94. The predicted octanol–water partition coefficient (Wildman–Crippen LogP) is 5.73. The van der Waals surface area contributed by atoms with Crippen molar-refractivity contribution in [1.82, 2.24) is 0 Å². The standard InChI is InChI=1S/C16H12Cl2F6N2/c17-11-5-7(1-3-9(11)15(19,20)21)13(25)14(26)8-2-4-10(12(18)6-8)16(22,23)24/h1-6,13-14H,25-26H2. The lowest BCUT2D eigenvalue weighted by molar-refractivity contribution is -0.138. The maximum Gasteiger partial charge on any atom is 0.417 e. The monoisotopic (exact) mass is 416 g/mol. The molecule has 10 heteroatoms. The molecule has 0 bridgehead atoms. The van der Waals surface area contributed by atoms with E-state index in [0.717, 1.165) is 36.4 Å². The number of rotatable bonds is 3. The van der Waals surface area contributed by atoms with Crippen molar-refractivity contribution >= 4 is 23.2 Å². The van der Waals surface area contributed by atoms with Crippen molar-refractivity contribution in [1.29, 1.82) is 0 Å². The fourth-order valence-electron chi connectivity index (χ4n) is 2.35. The van der Waals surface area contributed by atoms with Crippen molar-refractivity contribution in [3.05, 3.63) is 68.7 Å². The average molecular weight is 417 g/mol. The molecule has 0 aliphatic rings. The van der Waals surface area contributed by atoms with Gasteiger partial charge in [-0.15, -0.1) is 0 Å². The van der Waals surface area contributed by atoms with Crippen LogP contribution in [-0.4, -0.2) is 0 Å². The third-order valence-corrected chi connectivity index (χ3v) is 4.38. The first-order chi connectivity index (χ1) is 11.8. The van der Waals surface area contributed by atoms with E-state index in [0.29, 0.717) is 0 Å². The van der Waals surface area contributed by atoms with Gasteiger partial charge in [-0.3, -0.25) is 0 Å². The second kappa shape index (κ2) is 7.26. The van der Waals surface area contributed by atoms with Crippen LogP contribution in [0.5, 0.6) is 0 Å². The predicted molar refractivity (Wildman–Crippen MR) is 86.8 cm³/mol. The van der Waals surface area contributed by atoms with Gasteiger partial charge in [0, 0.05) is 12.1 Å². The lowest BCUT2D eigenvalue weighted by atomic mass is 9.93. The van der Waals surface area contributed by atoms with Gasteiger partial charge in [0.2, 0.25) is 0 Å². The number of benzene rings is 2. The molecule has 2 rings (SSSR count). The number of halogens is 8. The van der Waals surface area contributed by atoms with Crippen LogP contribution in [0.2, 0.25) is 10.0 Å². The van der Waals surface area contributed by atoms with Crippen LogP contribution in [0.25, 0.3) is 0 Å². The molecule has 0 aliphatic carbocycles. The summed E-state index contributed by atoms with van der Waals surface area (Å²) in [6.45, 7) is 0. The molecular formula is C16H12Cl2F6N2. The maximum atomic E-state index is 12.7. The molecule has 0 saturated carbocycles. The first-order valence-electron chi connectivity index (χ1n) is 7.07. The van der Waals surface area contributed by atoms with Gasteiger partial charge < -0.3 is 11.5 Å². The Morgan fingerprint density at radius 1 is 0.654 bits per heavy atom. The van der Waals surface area contributed by atoms with Crippen LogP contribution >= 0.6 is 23.2 Å². The topological polar surface area (TPSA) is 52.0 Å². The summed E-state index contributed by atoms with van der Waals surface area (Å²) in [5.41, 5.74) is 10.2. The van der Waals surface area contributed by atoms with Crippen LogP contribution < -0.4 is 11.5 Å². The van der Waals surface area contributed by atoms with Gasteiger partial charge in [-0.2, -0.15) is 26.3 Å². The van der Waals surface area contributed by atoms with E-state index in [-0.39, 0.29) is 11.1 Å². The summed E-state index contributed by atoms with van der Waals surface area (Å²) in [6, 6.07) is 3.80. The summed E-state index contributed by atoms with van der Waals surface area (Å²) >= 11 is 11.3. The molecular weight excluding hydrogens is 405 g/mol. The zero-order chi connectivity index (χ0) is 19.9. The van der Waals surface area contributed by atoms with Crippen molar-refractivity contribution in [2.45, 2.75) is 24.4 Å². The van der Waals surface area contributed by atoms with Gasteiger partial charge in [0.1, 0.15) is 0 Å². The van der Waals surface area contributed by atoms with Crippen LogP contribution in [0, 0.1) is 0 Å². The largest absolute Gasteiger partial charge is 0.417 e. The van der Waals surface area contributed by atoms with Gasteiger partial charge in [-0.05, 0) is 35.4 Å². The van der Waals surface area contributed by atoms with Gasteiger partial charge >= 0.3 is 12.4 Å². The van der Waals surface area contributed by atoms with Gasteiger partial charge in [0.15, 0.2) is 0 Å². The van der Waals surface area contributed by atoms with Crippen molar-refractivity contribution in [3.63, 3.8) is 0 Å². The first kappa shape index (κ1) is 20.8. The Bertz CT molecular complexity index is 737. The van der Waals surface area contributed by atoms with Gasteiger partial charge in [0.25, 0.3) is 0 Å². The second-order valence-corrected chi connectivity index (χ2v) is 6.34. The quantitative estimate of drug-likeness (QED) is 0.627. The molecule has 2 nitrogen and oxygen atoms in total. The van der Waals surface area contributed by atoms with E-state index < -0.39 is 45.6 Å². The Balaban J connectivity index is 2.31. The lowest BCUT2D eigenvalue weighted by Gasteiger charge is -2.22. The third kappa shape index (κ3) is 4.43. The molecule has 2 unspecified atom stereocenters. The molecule has 0 spiro atoms. The Labute approximate surface area is 154 Å². The van der Waals surface area contributed by atoms with E-state index in [1.807, 2.05) is 0 Å². The smallest absolute Gasteiger partial charge is 0.322 e. The highest BCUT2D eigenvalue weighted by molar-refractivity contribution is 6.31. The van der Waals surface area contributed by atoms with Gasteiger partial charge in [-0.1, -0.05) is 35.3 Å². The molecule has 0 radical (unpaired) electrons. The molecule has 0 heterocycles. The van der Waals surface area contributed by atoms with E-state index in [9.17, 15) is 26.3 Å². The average Bonchev–Trinajstić information content (AvgIpc) is 2.50. The highest BCUT2D eigenvalue weighted by Gasteiger charge is 2.35. The minimum atomic E-state index is -4.62. The Morgan fingerprint density at radius 3 is 1.19 bits per heavy atom. The van der Waals surface area contributed by atoms with Crippen LogP contribution in [-0.2, 0) is 12.4 Å². The molecule has 0 fully saturated rings. The van der Waals surface area contributed by atoms with E-state index in [4.69, 9.17) is 34.7 Å². The molecule has 26 heavy (non-hydrogen) atoms. The van der Waals surface area contributed by atoms with E-state index in [1.54, 1.807) is 0 Å². The highest BCUT2D eigenvalue weighted by Crippen LogP contribution is 2.38. The van der Waals surface area contributed by atoms with Crippen molar-refractivity contribution in [3.8, 4) is 0 Å². The van der Waals surface area contributed by atoms with E-state index in [2.05, 4.69) is 0 Å². The molecule has 2 aromatic carbocycles. The summed E-state index contributed by atoms with van der Waals surface area (Å²) < 4.78 is 76.4. The molecule has 0 aliphatic heterocycles. The Morgan fingerprint density at radius 2 is 0.962 bits per heavy atom. The molecule has 0 amide bonds. The molecule has 0 saturated heterocycles. The summed E-state index contributed by atoms with van der Waals surface area (Å²) in [5, 5.41) is -1.11. The molecule has 2 aromatic rings. The van der Waals surface area contributed by atoms with Gasteiger partial charge in [-0.25, -0.2) is 0 Å². The summed E-state index contributed by atoms with van der Waals surface area (Å²) in [4.78, 5) is 0. The second-order valence-electron chi connectivity index (χ2n) is 5.53. The highest BCUT2D eigenvalue weighted by atomic mass is 35.5. The zero-order valence-corrected chi connectivity index (χ0v) is 14.3. The van der Waals surface area contributed by atoms with Gasteiger partial charge in [0.05, 0.1) is 21.2 Å². The molecule has 0 aromatic heterocycles. The van der Waals surface area contributed by atoms with Crippen LogP contribution in [0.4, 0.5) is 26.3 Å². The summed E-state index contributed by atoms with van der Waals surface area (Å²) in [7, 11) is 0. The van der Waals surface area contributed by atoms with Crippen LogP contribution in [0.1, 0.15) is 34.3 Å². The Kier molecular flexibility index (Phi) is 5.82. The van der Waals surface area contributed by atoms with Crippen molar-refractivity contribution in [2.24, 2.45) is 11.5 Å². The zero-order valence-electron chi connectivity index (χ0n) is 12.8. The minimum absolute atomic E-state index is 0.200. The third-order valence-electron chi connectivity index (χ3n) is 3.75. The first-order valence-corrected chi connectivity index (χ1v) is 7.82. The summed E-state index contributed by atoms with van der Waals surface area (Å²) in [5.74, 6) is 0. The Hall–Kier alpha value is -1.48. The number of nitrogens with two attached hydrogens (primary N) is 2. The maximum absolute atomic E-state index is 12.7. The SMILES string of the molecule is NC(c1ccc(C(F)(F)F)c(Cl)c1)C(N)c1ccc(C(F)(F)F)c(Cl)c1. The molecule has 142 valence electrons. The molecule has 2 atom stereocenters. The van der Waals surface area contributed by atoms with E-state index in [1.165, 1.54) is 0 Å². The summed E-state index contributed by atoms with van der Waals surface area (Å²) in [6.07, 6.45) is -9.24. The minimum Gasteiger partial charge on any atom is -0.322 e. The van der Waals surface area contributed by atoms with Crippen LogP contribution in [0.3, 0.4) is 0 Å². The number of alkyl halides is 6. The number of hydrogen-bond acceptors (Lipinski definition) is 2. The lowest BCUT2D eigenvalue weighted by Crippen LogP contribution is -2.26. The molecule has 4 N–H and O–H groups in total. The van der Waals surface area contributed by atoms with Crippen molar-refractivity contribution < 1.29 is 26.3 Å².